The summed E-state index contributed by atoms with van der Waals surface area (Å²) in [6.45, 7) is 0. The highest BCUT2D eigenvalue weighted by Gasteiger charge is 2.35. The highest BCUT2D eigenvalue weighted by Crippen LogP contribution is 2.21. The highest BCUT2D eigenvalue weighted by atomic mass is 19.4. The van der Waals surface area contributed by atoms with Crippen molar-refractivity contribution in [1.82, 2.24) is 5.32 Å². The number of amides is 1. The van der Waals surface area contributed by atoms with Crippen molar-refractivity contribution >= 4 is 12.4 Å². The number of aliphatic carboxylic acids is 1. The Morgan fingerprint density at radius 2 is 2.08 bits per heavy atom. The van der Waals surface area contributed by atoms with Crippen LogP contribution in [0.5, 0.6) is 0 Å². The van der Waals surface area contributed by atoms with Gasteiger partial charge in [0.15, 0.2) is 0 Å². The second kappa shape index (κ2) is 3.93. The van der Waals surface area contributed by atoms with Gasteiger partial charge < -0.3 is 10.4 Å². The largest absolute Gasteiger partial charge is 0.480 e. The van der Waals surface area contributed by atoms with Gasteiger partial charge in [0.2, 0.25) is 6.41 Å². The summed E-state index contributed by atoms with van der Waals surface area (Å²) in [5, 5.41) is 9.68. The number of rotatable bonds is 4. The molecule has 0 aliphatic heterocycles. The van der Waals surface area contributed by atoms with E-state index in [1.165, 1.54) is 5.32 Å². The molecule has 0 radical (unpaired) electrons. The highest BCUT2D eigenvalue weighted by molar-refractivity contribution is 5.76. The van der Waals surface area contributed by atoms with E-state index < -0.39 is 24.6 Å². The van der Waals surface area contributed by atoms with E-state index in [1.54, 1.807) is 0 Å². The van der Waals surface area contributed by atoms with Crippen molar-refractivity contribution in [3.63, 3.8) is 0 Å². The van der Waals surface area contributed by atoms with E-state index in [0.29, 0.717) is 0 Å². The van der Waals surface area contributed by atoms with Gasteiger partial charge in [-0.2, -0.15) is 13.2 Å². The third-order valence-corrected chi connectivity index (χ3v) is 1.00. The van der Waals surface area contributed by atoms with Crippen LogP contribution in [0.15, 0.2) is 0 Å². The molecule has 0 rings (SSSR count). The predicted octanol–water partition coefficient (Wildman–Crippen LogP) is 0.138. The molecule has 0 fully saturated rings. The van der Waals surface area contributed by atoms with Crippen LogP contribution in [0.3, 0.4) is 0 Å². The molecule has 0 saturated heterocycles. The molecular formula is C5H6F3NO3. The lowest BCUT2D eigenvalue weighted by Crippen LogP contribution is -2.39. The average molecular weight is 185 g/mol. The topological polar surface area (TPSA) is 66.4 Å². The number of carboxylic acid groups (broad SMARTS) is 1. The van der Waals surface area contributed by atoms with E-state index in [1.807, 2.05) is 0 Å². The standard InChI is InChI=1S/C5H6F3NO3/c6-5(7,8)1-3(4(11)12)9-2-10/h2-3H,1H2,(H,9,10)(H,11,12). The molecule has 0 spiro atoms. The molecule has 0 aromatic heterocycles. The second-order valence-corrected chi connectivity index (χ2v) is 1.99. The molecule has 2 N–H and O–H groups in total. The zero-order valence-corrected chi connectivity index (χ0v) is 5.76. The molecule has 70 valence electrons. The normalized spacial score (nSPS) is 13.6. The zero-order chi connectivity index (χ0) is 9.78. The Kier molecular flexibility index (Phi) is 3.52. The number of carboxylic acids is 1. The Morgan fingerprint density at radius 1 is 1.58 bits per heavy atom. The lowest BCUT2D eigenvalue weighted by Gasteiger charge is -2.12. The summed E-state index contributed by atoms with van der Waals surface area (Å²) in [4.78, 5) is 19.7. The van der Waals surface area contributed by atoms with Crippen molar-refractivity contribution in [3.05, 3.63) is 0 Å². The van der Waals surface area contributed by atoms with E-state index in [4.69, 9.17) is 5.11 Å². The third kappa shape index (κ3) is 4.53. The molecule has 0 aromatic carbocycles. The summed E-state index contributed by atoms with van der Waals surface area (Å²) in [6, 6.07) is -1.90. The lowest BCUT2D eigenvalue weighted by molar-refractivity contribution is -0.159. The van der Waals surface area contributed by atoms with Gasteiger partial charge in [0.05, 0.1) is 6.42 Å². The van der Waals surface area contributed by atoms with Gasteiger partial charge in [0, 0.05) is 0 Å². The lowest BCUT2D eigenvalue weighted by atomic mass is 10.2. The molecule has 0 aromatic rings. The Labute approximate surface area is 65.4 Å². The van der Waals surface area contributed by atoms with Crippen LogP contribution in [0, 0.1) is 0 Å². The minimum atomic E-state index is -4.60. The molecule has 0 bridgehead atoms. The van der Waals surface area contributed by atoms with Gasteiger partial charge in [-0.1, -0.05) is 0 Å². The SMILES string of the molecule is O=CNC(CC(F)(F)F)C(=O)O. The van der Waals surface area contributed by atoms with Crippen LogP contribution < -0.4 is 5.32 Å². The molecule has 0 aliphatic rings. The summed E-state index contributed by atoms with van der Waals surface area (Å²) in [5.41, 5.74) is 0. The summed E-state index contributed by atoms with van der Waals surface area (Å²) < 4.78 is 34.7. The first kappa shape index (κ1) is 10.7. The molecule has 0 saturated carbocycles. The van der Waals surface area contributed by atoms with E-state index in [-0.39, 0.29) is 6.41 Å². The zero-order valence-electron chi connectivity index (χ0n) is 5.76. The van der Waals surface area contributed by atoms with Gasteiger partial charge in [-0.3, -0.25) is 4.79 Å². The van der Waals surface area contributed by atoms with Gasteiger partial charge in [0.25, 0.3) is 0 Å². The minimum Gasteiger partial charge on any atom is -0.480 e. The van der Waals surface area contributed by atoms with Crippen LogP contribution in [0.2, 0.25) is 0 Å². The molecule has 4 nitrogen and oxygen atoms in total. The predicted molar refractivity (Wildman–Crippen MR) is 31.3 cm³/mol. The Balaban J connectivity index is 4.13. The van der Waals surface area contributed by atoms with E-state index in [9.17, 15) is 22.8 Å². The molecule has 1 amide bonds. The minimum absolute atomic E-state index is 0.0788. The fraction of sp³-hybridized carbons (Fsp3) is 0.600. The van der Waals surface area contributed by atoms with E-state index in [0.717, 1.165) is 0 Å². The van der Waals surface area contributed by atoms with Crippen molar-refractivity contribution in [2.24, 2.45) is 0 Å². The van der Waals surface area contributed by atoms with E-state index >= 15 is 0 Å². The molecular weight excluding hydrogens is 179 g/mol. The maximum Gasteiger partial charge on any atom is 0.391 e. The Hall–Kier alpha value is -1.27. The van der Waals surface area contributed by atoms with Gasteiger partial charge in [-0.25, -0.2) is 4.79 Å². The number of alkyl halides is 3. The first-order valence-electron chi connectivity index (χ1n) is 2.86. The number of halogens is 3. The molecule has 0 aliphatic carbocycles. The second-order valence-electron chi connectivity index (χ2n) is 1.99. The number of hydrogen-bond donors (Lipinski definition) is 2. The maximum absolute atomic E-state index is 11.6. The van der Waals surface area contributed by atoms with Crippen LogP contribution in [-0.2, 0) is 9.59 Å². The van der Waals surface area contributed by atoms with Crippen molar-refractivity contribution in [2.75, 3.05) is 0 Å². The van der Waals surface area contributed by atoms with Gasteiger partial charge >= 0.3 is 12.1 Å². The van der Waals surface area contributed by atoms with Crippen LogP contribution in [0.1, 0.15) is 6.42 Å². The van der Waals surface area contributed by atoms with Gasteiger partial charge in [-0.05, 0) is 0 Å². The van der Waals surface area contributed by atoms with Crippen LogP contribution >= 0.6 is 0 Å². The van der Waals surface area contributed by atoms with Crippen LogP contribution in [0.4, 0.5) is 13.2 Å². The van der Waals surface area contributed by atoms with Crippen LogP contribution in [0.25, 0.3) is 0 Å². The number of hydrogen-bond acceptors (Lipinski definition) is 2. The fourth-order valence-electron chi connectivity index (χ4n) is 0.531. The Bertz CT molecular complexity index is 179. The molecule has 7 heteroatoms. The summed E-state index contributed by atoms with van der Waals surface area (Å²) >= 11 is 0. The van der Waals surface area contributed by atoms with Gasteiger partial charge in [-0.15, -0.1) is 0 Å². The van der Waals surface area contributed by atoms with Crippen molar-refractivity contribution in [3.8, 4) is 0 Å². The van der Waals surface area contributed by atoms with Crippen molar-refractivity contribution in [1.29, 1.82) is 0 Å². The van der Waals surface area contributed by atoms with Gasteiger partial charge in [0.1, 0.15) is 6.04 Å². The van der Waals surface area contributed by atoms with E-state index in [2.05, 4.69) is 0 Å². The summed E-state index contributed by atoms with van der Waals surface area (Å²) in [5.74, 6) is -1.71. The number of nitrogens with one attached hydrogen (secondary N) is 1. The van der Waals surface area contributed by atoms with Crippen molar-refractivity contribution in [2.45, 2.75) is 18.6 Å². The number of carbonyl (C=O) groups is 2. The molecule has 0 heterocycles. The smallest absolute Gasteiger partial charge is 0.391 e. The van der Waals surface area contributed by atoms with Crippen LogP contribution in [-0.4, -0.2) is 29.7 Å². The number of carbonyl (C=O) groups excluding carboxylic acids is 1. The van der Waals surface area contributed by atoms with Crippen molar-refractivity contribution < 1.29 is 27.9 Å². The first-order chi connectivity index (χ1) is 5.37. The summed E-state index contributed by atoms with van der Waals surface area (Å²) in [6.07, 6.45) is -6.25. The summed E-state index contributed by atoms with van der Waals surface area (Å²) in [7, 11) is 0. The molecule has 1 atom stereocenters. The fourth-order valence-corrected chi connectivity index (χ4v) is 0.531. The monoisotopic (exact) mass is 185 g/mol. The average Bonchev–Trinajstić information content (AvgIpc) is 1.83. The molecule has 12 heavy (non-hydrogen) atoms. The molecule has 1 unspecified atom stereocenters. The Morgan fingerprint density at radius 3 is 2.33 bits per heavy atom. The third-order valence-electron chi connectivity index (χ3n) is 1.00. The first-order valence-corrected chi connectivity index (χ1v) is 2.86. The quantitative estimate of drug-likeness (QED) is 0.612. The maximum atomic E-state index is 11.6.